The molecule has 2 rings (SSSR count). The zero-order valence-corrected chi connectivity index (χ0v) is 11.0. The third-order valence-corrected chi connectivity index (χ3v) is 2.95. The zero-order chi connectivity index (χ0) is 14.5. The molecule has 0 saturated heterocycles. The van der Waals surface area contributed by atoms with E-state index in [4.69, 9.17) is 10.00 Å². The molecule has 4 heteroatoms. The van der Waals surface area contributed by atoms with Gasteiger partial charge < -0.3 is 9.84 Å². The van der Waals surface area contributed by atoms with Crippen LogP contribution < -0.4 is 4.74 Å². The third kappa shape index (κ3) is 3.14. The average Bonchev–Trinajstić information content (AvgIpc) is 2.47. The fraction of sp³-hybridized carbons (Fsp3) is 0.188. The molecular formula is C16H14FNO2. The van der Waals surface area contributed by atoms with Crippen molar-refractivity contribution in [2.45, 2.75) is 19.4 Å². The summed E-state index contributed by atoms with van der Waals surface area (Å²) in [5.74, 6) is 0.259. The van der Waals surface area contributed by atoms with Crippen LogP contribution in [0.4, 0.5) is 4.39 Å². The summed E-state index contributed by atoms with van der Waals surface area (Å²) >= 11 is 0. The van der Waals surface area contributed by atoms with E-state index in [0.717, 1.165) is 5.56 Å². The van der Waals surface area contributed by atoms with E-state index in [1.54, 1.807) is 30.3 Å². The highest BCUT2D eigenvalue weighted by Crippen LogP contribution is 2.25. The number of ether oxygens (including phenoxy) is 1. The lowest BCUT2D eigenvalue weighted by molar-refractivity contribution is 0.173. The van der Waals surface area contributed by atoms with E-state index in [1.807, 2.05) is 6.92 Å². The van der Waals surface area contributed by atoms with Crippen LogP contribution in [0.5, 0.6) is 11.5 Å². The second-order valence-electron chi connectivity index (χ2n) is 4.35. The predicted molar refractivity (Wildman–Crippen MR) is 72.9 cm³/mol. The molecule has 2 aromatic carbocycles. The van der Waals surface area contributed by atoms with Crippen molar-refractivity contribution in [2.75, 3.05) is 0 Å². The molecule has 1 atom stereocenters. The number of hydrogen-bond acceptors (Lipinski definition) is 3. The van der Waals surface area contributed by atoms with Gasteiger partial charge in [0.15, 0.2) is 0 Å². The van der Waals surface area contributed by atoms with Gasteiger partial charge in [0.05, 0.1) is 11.7 Å². The number of nitriles is 1. The number of nitrogens with zero attached hydrogens (tertiary/aromatic N) is 1. The van der Waals surface area contributed by atoms with Crippen LogP contribution in [0.3, 0.4) is 0 Å². The number of hydrogen-bond donors (Lipinski definition) is 1. The molecule has 0 aliphatic rings. The number of halogens is 1. The Kier molecular flexibility index (Phi) is 4.34. The summed E-state index contributed by atoms with van der Waals surface area (Å²) in [4.78, 5) is 0. The number of benzene rings is 2. The summed E-state index contributed by atoms with van der Waals surface area (Å²) < 4.78 is 18.9. The number of aliphatic hydroxyl groups excluding tert-OH is 1. The SMILES string of the molecule is CC[C@H](O)c1ccc(Oc2ccc(C#N)c(F)c2)cc1. The molecule has 0 unspecified atom stereocenters. The van der Waals surface area contributed by atoms with Crippen LogP contribution in [-0.2, 0) is 0 Å². The molecule has 3 nitrogen and oxygen atoms in total. The highest BCUT2D eigenvalue weighted by Gasteiger charge is 2.06. The van der Waals surface area contributed by atoms with Gasteiger partial charge in [-0.15, -0.1) is 0 Å². The third-order valence-electron chi connectivity index (χ3n) is 2.95. The van der Waals surface area contributed by atoms with Crippen molar-refractivity contribution in [3.63, 3.8) is 0 Å². The molecule has 2 aromatic rings. The Morgan fingerprint density at radius 3 is 2.40 bits per heavy atom. The van der Waals surface area contributed by atoms with E-state index in [9.17, 15) is 9.50 Å². The van der Waals surface area contributed by atoms with Crippen molar-refractivity contribution in [2.24, 2.45) is 0 Å². The first kappa shape index (κ1) is 14.0. The van der Waals surface area contributed by atoms with Crippen molar-refractivity contribution in [3.05, 3.63) is 59.4 Å². The van der Waals surface area contributed by atoms with E-state index < -0.39 is 11.9 Å². The summed E-state index contributed by atoms with van der Waals surface area (Å²) in [5, 5.41) is 18.3. The van der Waals surface area contributed by atoms with Gasteiger partial charge in [0.25, 0.3) is 0 Å². The normalized spacial score (nSPS) is 11.7. The fourth-order valence-corrected chi connectivity index (χ4v) is 1.78. The maximum absolute atomic E-state index is 13.4. The van der Waals surface area contributed by atoms with Crippen LogP contribution in [0.2, 0.25) is 0 Å². The van der Waals surface area contributed by atoms with E-state index in [-0.39, 0.29) is 5.56 Å². The Labute approximate surface area is 116 Å². The Morgan fingerprint density at radius 2 is 1.85 bits per heavy atom. The van der Waals surface area contributed by atoms with Gasteiger partial charge in [-0.25, -0.2) is 4.39 Å². The van der Waals surface area contributed by atoms with E-state index in [2.05, 4.69) is 0 Å². The zero-order valence-electron chi connectivity index (χ0n) is 11.0. The Hall–Kier alpha value is -2.38. The Bertz CT molecular complexity index is 632. The van der Waals surface area contributed by atoms with Gasteiger partial charge in [-0.2, -0.15) is 5.26 Å². The standard InChI is InChI=1S/C16H14FNO2/c1-2-16(19)11-3-6-13(7-4-11)20-14-8-5-12(10-18)15(17)9-14/h3-9,16,19H,2H2,1H3/t16-/m0/s1. The second kappa shape index (κ2) is 6.18. The van der Waals surface area contributed by atoms with Gasteiger partial charge in [-0.1, -0.05) is 19.1 Å². The topological polar surface area (TPSA) is 53.2 Å². The second-order valence-corrected chi connectivity index (χ2v) is 4.35. The molecule has 0 aromatic heterocycles. The van der Waals surface area contributed by atoms with Crippen LogP contribution in [-0.4, -0.2) is 5.11 Å². The molecule has 0 spiro atoms. The maximum atomic E-state index is 13.4. The highest BCUT2D eigenvalue weighted by molar-refractivity contribution is 5.39. The first-order valence-corrected chi connectivity index (χ1v) is 6.29. The largest absolute Gasteiger partial charge is 0.457 e. The molecule has 0 heterocycles. The van der Waals surface area contributed by atoms with Crippen molar-refractivity contribution in [3.8, 4) is 17.6 Å². The Morgan fingerprint density at radius 1 is 1.20 bits per heavy atom. The summed E-state index contributed by atoms with van der Waals surface area (Å²) in [7, 11) is 0. The van der Waals surface area contributed by atoms with Gasteiger partial charge in [-0.3, -0.25) is 0 Å². The van der Waals surface area contributed by atoms with Crippen molar-refractivity contribution < 1.29 is 14.2 Å². The molecule has 0 aliphatic carbocycles. The van der Waals surface area contributed by atoms with Gasteiger partial charge in [0.1, 0.15) is 23.4 Å². The molecule has 0 aliphatic heterocycles. The molecule has 20 heavy (non-hydrogen) atoms. The van der Waals surface area contributed by atoms with Crippen molar-refractivity contribution in [1.82, 2.24) is 0 Å². The summed E-state index contributed by atoms with van der Waals surface area (Å²) in [6.07, 6.45) is 0.150. The maximum Gasteiger partial charge on any atom is 0.144 e. The van der Waals surface area contributed by atoms with Gasteiger partial charge in [-0.05, 0) is 36.2 Å². The minimum absolute atomic E-state index is 0.0150. The van der Waals surface area contributed by atoms with Crippen molar-refractivity contribution >= 4 is 0 Å². The summed E-state index contributed by atoms with van der Waals surface area (Å²) in [6.45, 7) is 1.90. The number of rotatable bonds is 4. The van der Waals surface area contributed by atoms with E-state index in [0.29, 0.717) is 17.9 Å². The predicted octanol–water partition coefficient (Wildman–Crippen LogP) is 3.93. The molecule has 1 N–H and O–H groups in total. The molecule has 102 valence electrons. The van der Waals surface area contributed by atoms with Crippen LogP contribution in [0.1, 0.15) is 30.6 Å². The lowest BCUT2D eigenvalue weighted by Gasteiger charge is -2.10. The van der Waals surface area contributed by atoms with Crippen LogP contribution in [0.15, 0.2) is 42.5 Å². The summed E-state index contributed by atoms with van der Waals surface area (Å²) in [5.41, 5.74) is 0.796. The lowest BCUT2D eigenvalue weighted by atomic mass is 10.1. The van der Waals surface area contributed by atoms with E-state index in [1.165, 1.54) is 18.2 Å². The van der Waals surface area contributed by atoms with Crippen LogP contribution >= 0.6 is 0 Å². The van der Waals surface area contributed by atoms with Gasteiger partial charge in [0, 0.05) is 6.07 Å². The molecule has 0 saturated carbocycles. The number of aliphatic hydroxyl groups is 1. The van der Waals surface area contributed by atoms with Crippen LogP contribution in [0.25, 0.3) is 0 Å². The fourth-order valence-electron chi connectivity index (χ4n) is 1.78. The van der Waals surface area contributed by atoms with Crippen LogP contribution in [0, 0.1) is 17.1 Å². The smallest absolute Gasteiger partial charge is 0.144 e. The monoisotopic (exact) mass is 271 g/mol. The first-order valence-electron chi connectivity index (χ1n) is 6.29. The average molecular weight is 271 g/mol. The molecule has 0 amide bonds. The molecule has 0 fully saturated rings. The minimum atomic E-state index is -0.608. The highest BCUT2D eigenvalue weighted by atomic mass is 19.1. The van der Waals surface area contributed by atoms with Gasteiger partial charge in [0.2, 0.25) is 0 Å². The van der Waals surface area contributed by atoms with E-state index >= 15 is 0 Å². The molecular weight excluding hydrogens is 257 g/mol. The quantitative estimate of drug-likeness (QED) is 0.916. The lowest BCUT2D eigenvalue weighted by Crippen LogP contribution is -1.94. The van der Waals surface area contributed by atoms with Crippen molar-refractivity contribution in [1.29, 1.82) is 5.26 Å². The first-order chi connectivity index (χ1) is 9.63. The molecule has 0 bridgehead atoms. The Balaban J connectivity index is 2.14. The minimum Gasteiger partial charge on any atom is -0.457 e. The molecule has 0 radical (unpaired) electrons. The summed E-state index contributed by atoms with van der Waals surface area (Å²) in [6, 6.07) is 12.8. The van der Waals surface area contributed by atoms with Gasteiger partial charge >= 0.3 is 0 Å².